The Hall–Kier alpha value is -2.42. The summed E-state index contributed by atoms with van der Waals surface area (Å²) in [5.41, 5.74) is -1.56. The first-order chi connectivity index (χ1) is 11.7. The van der Waals surface area contributed by atoms with E-state index in [2.05, 4.69) is 0 Å². The summed E-state index contributed by atoms with van der Waals surface area (Å²) in [7, 11) is -2.49. The van der Waals surface area contributed by atoms with Crippen LogP contribution in [0.4, 0.5) is 18.9 Å². The molecule has 0 radical (unpaired) electrons. The third kappa shape index (κ3) is 5.56. The van der Waals surface area contributed by atoms with Crippen molar-refractivity contribution < 1.29 is 31.1 Å². The molecule has 0 aliphatic rings. The Kier molecular flexibility index (Phi) is 5.78. The number of nitrogens with one attached hydrogen (secondary N) is 1. The molecule has 0 bridgehead atoms. The average Bonchev–Trinajstić information content (AvgIpc) is 2.54. The number of benzene rings is 2. The molecule has 0 fully saturated rings. The largest absolute Gasteiger partial charge is 0.497 e. The number of anilines is 1. The van der Waals surface area contributed by atoms with Gasteiger partial charge in [0.1, 0.15) is 23.9 Å². The van der Waals surface area contributed by atoms with E-state index in [1.807, 2.05) is 4.72 Å². The van der Waals surface area contributed by atoms with Crippen LogP contribution in [0.1, 0.15) is 5.56 Å². The van der Waals surface area contributed by atoms with Crippen molar-refractivity contribution in [2.45, 2.75) is 6.18 Å². The van der Waals surface area contributed by atoms with Gasteiger partial charge >= 0.3 is 6.18 Å². The topological polar surface area (TPSA) is 64.6 Å². The first-order valence-electron chi connectivity index (χ1n) is 7.15. The number of halogens is 3. The Labute approximate surface area is 143 Å². The number of sulfonamides is 1. The molecular formula is C16H16F3NO4S. The molecule has 0 heterocycles. The Bertz CT molecular complexity index is 805. The lowest BCUT2D eigenvalue weighted by Gasteiger charge is -2.14. The highest BCUT2D eigenvalue weighted by Gasteiger charge is 2.34. The standard InChI is InChI=1S/C16H16F3NO4S/c1-23-12-6-8-13(9-7-12)24-10-11-25(21,22)20-15-5-3-2-4-14(15)16(17,18)19/h2-9,20H,10-11H2,1H3. The van der Waals surface area contributed by atoms with Gasteiger partial charge in [0.2, 0.25) is 10.0 Å². The fourth-order valence-corrected chi connectivity index (χ4v) is 2.90. The van der Waals surface area contributed by atoms with E-state index in [0.29, 0.717) is 11.5 Å². The second-order valence-corrected chi connectivity index (χ2v) is 6.83. The smallest absolute Gasteiger partial charge is 0.418 e. The molecule has 0 unspecified atom stereocenters. The first-order valence-corrected chi connectivity index (χ1v) is 8.80. The van der Waals surface area contributed by atoms with Crippen molar-refractivity contribution in [1.82, 2.24) is 0 Å². The van der Waals surface area contributed by atoms with Crippen LogP contribution in [0.25, 0.3) is 0 Å². The minimum atomic E-state index is -4.65. The van der Waals surface area contributed by atoms with E-state index in [1.54, 1.807) is 24.3 Å². The molecule has 0 atom stereocenters. The van der Waals surface area contributed by atoms with Gasteiger partial charge in [-0.05, 0) is 36.4 Å². The molecule has 25 heavy (non-hydrogen) atoms. The van der Waals surface area contributed by atoms with E-state index in [1.165, 1.54) is 19.2 Å². The molecule has 0 saturated heterocycles. The van der Waals surface area contributed by atoms with Crippen LogP contribution in [-0.2, 0) is 16.2 Å². The second kappa shape index (κ2) is 7.64. The van der Waals surface area contributed by atoms with E-state index in [0.717, 1.165) is 12.1 Å². The highest BCUT2D eigenvalue weighted by atomic mass is 32.2. The molecule has 136 valence electrons. The van der Waals surface area contributed by atoms with Crippen molar-refractivity contribution >= 4 is 15.7 Å². The summed E-state index contributed by atoms with van der Waals surface area (Å²) in [6, 6.07) is 10.9. The number of hydrogen-bond acceptors (Lipinski definition) is 4. The minimum absolute atomic E-state index is 0.212. The Morgan fingerprint density at radius 2 is 1.60 bits per heavy atom. The van der Waals surface area contributed by atoms with Crippen LogP contribution < -0.4 is 14.2 Å². The van der Waals surface area contributed by atoms with Crippen LogP contribution in [0.5, 0.6) is 11.5 Å². The van der Waals surface area contributed by atoms with Gasteiger partial charge in [0.15, 0.2) is 0 Å². The van der Waals surface area contributed by atoms with Gasteiger partial charge in [-0.2, -0.15) is 13.2 Å². The summed E-state index contributed by atoms with van der Waals surface area (Å²) in [6.07, 6.45) is -4.65. The second-order valence-electron chi connectivity index (χ2n) is 4.99. The first kappa shape index (κ1) is 18.9. The lowest BCUT2D eigenvalue weighted by atomic mass is 10.2. The van der Waals surface area contributed by atoms with E-state index >= 15 is 0 Å². The van der Waals surface area contributed by atoms with Crippen molar-refractivity contribution in [3.05, 3.63) is 54.1 Å². The SMILES string of the molecule is COc1ccc(OCCS(=O)(=O)Nc2ccccc2C(F)(F)F)cc1. The van der Waals surface area contributed by atoms with Crippen LogP contribution in [0, 0.1) is 0 Å². The van der Waals surface area contributed by atoms with Gasteiger partial charge in [0.25, 0.3) is 0 Å². The van der Waals surface area contributed by atoms with Gasteiger partial charge in [-0.3, -0.25) is 4.72 Å². The van der Waals surface area contributed by atoms with Crippen molar-refractivity contribution in [2.75, 3.05) is 24.2 Å². The number of hydrogen-bond donors (Lipinski definition) is 1. The molecule has 1 N–H and O–H groups in total. The lowest BCUT2D eigenvalue weighted by Crippen LogP contribution is -2.23. The van der Waals surface area contributed by atoms with E-state index in [-0.39, 0.29) is 6.61 Å². The van der Waals surface area contributed by atoms with Crippen LogP contribution in [0.15, 0.2) is 48.5 Å². The number of rotatable bonds is 7. The van der Waals surface area contributed by atoms with Crippen LogP contribution in [0.3, 0.4) is 0 Å². The maximum absolute atomic E-state index is 12.9. The van der Waals surface area contributed by atoms with Gasteiger partial charge in [-0.15, -0.1) is 0 Å². The maximum atomic E-state index is 12.9. The van der Waals surface area contributed by atoms with Gasteiger partial charge in [-0.25, -0.2) is 8.42 Å². The Morgan fingerprint density at radius 3 is 2.20 bits per heavy atom. The van der Waals surface area contributed by atoms with E-state index in [4.69, 9.17) is 9.47 Å². The highest BCUT2D eigenvalue weighted by molar-refractivity contribution is 7.92. The number of para-hydroxylation sites is 1. The number of methoxy groups -OCH3 is 1. The predicted octanol–water partition coefficient (Wildman–Crippen LogP) is 3.53. The summed E-state index contributed by atoms with van der Waals surface area (Å²) in [4.78, 5) is 0. The van der Waals surface area contributed by atoms with Crippen LogP contribution >= 0.6 is 0 Å². The Morgan fingerprint density at radius 1 is 1.00 bits per heavy atom. The van der Waals surface area contributed by atoms with Crippen LogP contribution in [-0.4, -0.2) is 27.9 Å². The number of ether oxygens (including phenoxy) is 2. The molecule has 0 saturated carbocycles. The zero-order chi connectivity index (χ0) is 18.5. The third-order valence-corrected chi connectivity index (χ3v) is 4.41. The van der Waals surface area contributed by atoms with E-state index in [9.17, 15) is 21.6 Å². The Balaban J connectivity index is 1.98. The molecule has 0 amide bonds. The van der Waals surface area contributed by atoms with Crippen LogP contribution in [0.2, 0.25) is 0 Å². The molecule has 0 spiro atoms. The van der Waals surface area contributed by atoms with Gasteiger partial charge in [0.05, 0.1) is 18.4 Å². The van der Waals surface area contributed by atoms with Gasteiger partial charge < -0.3 is 9.47 Å². The van der Waals surface area contributed by atoms with Gasteiger partial charge in [-0.1, -0.05) is 12.1 Å². The van der Waals surface area contributed by atoms with Crippen molar-refractivity contribution in [3.63, 3.8) is 0 Å². The lowest BCUT2D eigenvalue weighted by molar-refractivity contribution is -0.136. The molecule has 2 rings (SSSR count). The molecule has 9 heteroatoms. The summed E-state index contributed by atoms with van der Waals surface area (Å²) >= 11 is 0. The monoisotopic (exact) mass is 375 g/mol. The summed E-state index contributed by atoms with van der Waals surface area (Å²) in [5.74, 6) is 0.544. The third-order valence-electron chi connectivity index (χ3n) is 3.18. The molecule has 5 nitrogen and oxygen atoms in total. The average molecular weight is 375 g/mol. The molecule has 0 aliphatic carbocycles. The highest BCUT2D eigenvalue weighted by Crippen LogP contribution is 2.34. The summed E-state index contributed by atoms with van der Waals surface area (Å²) < 4.78 is 74.9. The normalized spacial score (nSPS) is 11.8. The van der Waals surface area contributed by atoms with Crippen molar-refractivity contribution in [3.8, 4) is 11.5 Å². The molecule has 0 aliphatic heterocycles. The van der Waals surface area contributed by atoms with Crippen molar-refractivity contribution in [1.29, 1.82) is 0 Å². The molecule has 2 aromatic rings. The van der Waals surface area contributed by atoms with Crippen molar-refractivity contribution in [2.24, 2.45) is 0 Å². The fourth-order valence-electron chi connectivity index (χ4n) is 1.98. The zero-order valence-electron chi connectivity index (χ0n) is 13.2. The summed E-state index contributed by atoms with van der Waals surface area (Å²) in [6.45, 7) is -0.212. The van der Waals surface area contributed by atoms with Gasteiger partial charge in [0, 0.05) is 0 Å². The predicted molar refractivity (Wildman–Crippen MR) is 87.3 cm³/mol. The number of alkyl halides is 3. The zero-order valence-corrected chi connectivity index (χ0v) is 14.0. The minimum Gasteiger partial charge on any atom is -0.497 e. The molecule has 0 aromatic heterocycles. The molecular weight excluding hydrogens is 359 g/mol. The van der Waals surface area contributed by atoms with E-state index < -0.39 is 33.2 Å². The quantitative estimate of drug-likeness (QED) is 0.804. The molecule has 2 aromatic carbocycles. The summed E-state index contributed by atoms with van der Waals surface area (Å²) in [5, 5.41) is 0. The maximum Gasteiger partial charge on any atom is 0.418 e. The fraction of sp³-hybridized carbons (Fsp3) is 0.250.